The molecule has 24 heteroatoms. The van der Waals surface area contributed by atoms with E-state index in [1.165, 1.54) is 25.3 Å². The van der Waals surface area contributed by atoms with Crippen LogP contribution in [-0.2, 0) is 29.7 Å². The van der Waals surface area contributed by atoms with Crippen LogP contribution in [0, 0.1) is 0 Å². The molecular formula is C54H50N12Na2O8S2. The Hall–Kier alpha value is -6.32. The largest absolute Gasteiger partial charge is 1.00 e. The minimum absolute atomic E-state index is 0. The van der Waals surface area contributed by atoms with E-state index in [9.17, 15) is 25.9 Å². The maximum Gasteiger partial charge on any atom is 1.00 e. The van der Waals surface area contributed by atoms with Crippen LogP contribution in [0.3, 0.4) is 0 Å². The quantitative estimate of drug-likeness (QED) is 0.0791. The summed E-state index contributed by atoms with van der Waals surface area (Å²) in [7, 11) is -10.0. The number of benzene rings is 6. The Labute approximate surface area is 497 Å². The van der Waals surface area contributed by atoms with Gasteiger partial charge < -0.3 is 29.2 Å². The molecule has 2 saturated heterocycles. The van der Waals surface area contributed by atoms with Gasteiger partial charge in [0, 0.05) is 60.1 Å². The first-order valence-corrected chi connectivity index (χ1v) is 26.7. The molecular weight excluding hydrogens is 1050 g/mol. The van der Waals surface area contributed by atoms with Crippen LogP contribution < -0.4 is 79.8 Å². The number of anilines is 6. The molecule has 2 fully saturated rings. The molecule has 4 heterocycles. The second-order valence-electron chi connectivity index (χ2n) is 16.7. The van der Waals surface area contributed by atoms with Crippen LogP contribution in [0.2, 0.25) is 0 Å². The van der Waals surface area contributed by atoms with Crippen molar-refractivity contribution in [2.45, 2.75) is 0 Å². The van der Waals surface area contributed by atoms with Gasteiger partial charge in [0.25, 0.3) is 0 Å². The van der Waals surface area contributed by atoms with E-state index in [2.05, 4.69) is 40.5 Å². The van der Waals surface area contributed by atoms with Crippen LogP contribution in [0.4, 0.5) is 34.6 Å². The Kier molecular flexibility index (Phi) is 21.7. The molecule has 0 aliphatic carbocycles. The maximum atomic E-state index is 13.1. The van der Waals surface area contributed by atoms with Crippen molar-refractivity contribution in [2.24, 2.45) is 0 Å². The van der Waals surface area contributed by atoms with Crippen LogP contribution >= 0.6 is 0 Å². The van der Waals surface area contributed by atoms with Crippen LogP contribution in [-0.4, -0.2) is 118 Å². The molecule has 2 aliphatic rings. The molecule has 2 N–H and O–H groups in total. The molecule has 0 spiro atoms. The topological polar surface area (TPSA) is 247 Å². The van der Waals surface area contributed by atoms with E-state index in [-0.39, 0.29) is 93.5 Å². The number of ether oxygens (including phenoxy) is 2. The van der Waals surface area contributed by atoms with Crippen molar-refractivity contribution < 1.29 is 94.5 Å². The van der Waals surface area contributed by atoms with Gasteiger partial charge in [-0.05, 0) is 47.5 Å². The summed E-state index contributed by atoms with van der Waals surface area (Å²) in [5.74, 6) is 0.340. The fourth-order valence-corrected chi connectivity index (χ4v) is 10.2. The predicted molar refractivity (Wildman–Crippen MR) is 288 cm³/mol. The molecule has 78 heavy (non-hydrogen) atoms. The zero-order chi connectivity index (χ0) is 52.7. The van der Waals surface area contributed by atoms with E-state index in [4.69, 9.17) is 9.47 Å². The number of aromatic nitrogens is 6. The second kappa shape index (κ2) is 28.5. The van der Waals surface area contributed by atoms with E-state index in [1.54, 1.807) is 94.9 Å². The number of nitrogens with one attached hydrogen (secondary N) is 2. The fraction of sp³-hybridized carbons (Fsp3) is 0.148. The van der Waals surface area contributed by atoms with Crippen LogP contribution in [0.15, 0.2) is 195 Å². The van der Waals surface area contributed by atoms with E-state index < -0.39 is 30.0 Å². The average Bonchev–Trinajstić information content (AvgIpc) is 3.57. The average molecular weight is 1110 g/mol. The molecule has 0 unspecified atom stereocenters. The molecule has 2 aromatic heterocycles. The predicted octanol–water partition coefficient (Wildman–Crippen LogP) is 1.49. The van der Waals surface area contributed by atoms with Crippen molar-refractivity contribution in [1.29, 1.82) is 0 Å². The van der Waals surface area contributed by atoms with E-state index >= 15 is 0 Å². The van der Waals surface area contributed by atoms with Gasteiger partial charge in [0.05, 0.1) is 47.6 Å². The second-order valence-corrected chi connectivity index (χ2v) is 19.3. The number of hydrogen-bond acceptors (Lipinski definition) is 20. The van der Waals surface area contributed by atoms with Crippen LogP contribution in [0.5, 0.6) is 0 Å². The number of hydrazine groups is 2. The summed E-state index contributed by atoms with van der Waals surface area (Å²) < 4.78 is 89.6. The number of para-hydroxylation sites is 4. The van der Waals surface area contributed by atoms with Crippen molar-refractivity contribution in [3.8, 4) is 0 Å². The minimum Gasteiger partial charge on any atom is -0.744 e. The molecule has 0 atom stereocenters. The van der Waals surface area contributed by atoms with Gasteiger partial charge in [-0.3, -0.25) is 0 Å². The van der Waals surface area contributed by atoms with Gasteiger partial charge >= 0.3 is 59.1 Å². The third-order valence-electron chi connectivity index (χ3n) is 11.8. The van der Waals surface area contributed by atoms with Crippen molar-refractivity contribution in [2.75, 3.05) is 73.3 Å². The Morgan fingerprint density at radius 3 is 1.05 bits per heavy atom. The van der Waals surface area contributed by atoms with Gasteiger partial charge in [-0.25, -0.2) is 46.8 Å². The summed E-state index contributed by atoms with van der Waals surface area (Å²) in [4.78, 5) is 24.4. The minimum atomic E-state index is -5.02. The number of morpholine rings is 2. The van der Waals surface area contributed by atoms with E-state index in [0.29, 0.717) is 75.1 Å². The molecule has 10 rings (SSSR count). The Balaban J connectivity index is 0.000000220. The van der Waals surface area contributed by atoms with Crippen molar-refractivity contribution in [3.63, 3.8) is 0 Å². The van der Waals surface area contributed by atoms with Gasteiger partial charge in [-0.1, -0.05) is 133 Å². The van der Waals surface area contributed by atoms with Gasteiger partial charge in [0.2, 0.25) is 11.9 Å². The summed E-state index contributed by atoms with van der Waals surface area (Å²) in [5, 5.41) is 13.7. The van der Waals surface area contributed by atoms with E-state index in [1.807, 2.05) is 94.9 Å². The summed E-state index contributed by atoms with van der Waals surface area (Å²) >= 11 is 0. The zero-order valence-electron chi connectivity index (χ0n) is 42.7. The van der Waals surface area contributed by atoms with Gasteiger partial charge in [-0.15, -0.1) is 0 Å². The van der Waals surface area contributed by atoms with Crippen LogP contribution in [0.25, 0.3) is 21.2 Å². The molecule has 0 amide bonds. The smallest absolute Gasteiger partial charge is 0.744 e. The molecule has 8 aromatic rings. The molecule has 388 valence electrons. The first-order valence-electron chi connectivity index (χ1n) is 23.9. The Morgan fingerprint density at radius 2 is 0.731 bits per heavy atom. The molecule has 0 radical (unpaired) electrons. The number of nitrogens with zero attached hydrogens (tertiary/aromatic N) is 10. The SMILES string of the molecule is O=S(=O)([O-])C(=C(c1ccccc1Nc1ccccc1)N(c1ncncn1)N1CCOCC1)c1ccccc1.O=S(=O)([O-])C(=C(c1ccccc1Nc1ccccc1)N(c1ncncn1)N1CCOCC1)c1ccccc1.[Na+].[Na+]. The first-order chi connectivity index (χ1) is 37.0. The van der Waals surface area contributed by atoms with E-state index in [0.717, 1.165) is 11.4 Å². The number of rotatable bonds is 16. The Bertz CT molecular complexity index is 3240. The molecule has 2 aliphatic heterocycles. The summed E-state index contributed by atoms with van der Waals surface area (Å²) in [5.41, 5.74) is 4.47. The normalized spacial score (nSPS) is 14.6. The van der Waals surface area contributed by atoms with Gasteiger partial charge in [0.1, 0.15) is 45.5 Å². The molecule has 0 bridgehead atoms. The molecule has 20 nitrogen and oxygen atoms in total. The summed E-state index contributed by atoms with van der Waals surface area (Å²) in [6.07, 6.45) is 5.32. The van der Waals surface area contributed by atoms with Crippen molar-refractivity contribution in [3.05, 3.63) is 217 Å². The monoisotopic (exact) mass is 1100 g/mol. The third kappa shape index (κ3) is 15.1. The number of hydrogen-bond donors (Lipinski definition) is 2. The van der Waals surface area contributed by atoms with Gasteiger partial charge in [0.15, 0.2) is 0 Å². The zero-order valence-corrected chi connectivity index (χ0v) is 48.3. The fourth-order valence-electron chi connectivity index (χ4n) is 8.52. The van der Waals surface area contributed by atoms with Gasteiger partial charge in [-0.2, -0.15) is 19.9 Å². The molecule has 0 saturated carbocycles. The van der Waals surface area contributed by atoms with Crippen LogP contribution in [0.1, 0.15) is 22.3 Å². The van der Waals surface area contributed by atoms with Crippen molar-refractivity contribution in [1.82, 2.24) is 39.9 Å². The summed E-state index contributed by atoms with van der Waals surface area (Å²) in [6, 6.07) is 50.1. The van der Waals surface area contributed by atoms with Crippen molar-refractivity contribution >= 4 is 76.1 Å². The molecule has 6 aromatic carbocycles. The summed E-state index contributed by atoms with van der Waals surface area (Å²) in [6.45, 7) is 3.31. The Morgan fingerprint density at radius 1 is 0.436 bits per heavy atom. The third-order valence-corrected chi connectivity index (χ3v) is 13.6. The first kappa shape index (κ1) is 59.3. The maximum absolute atomic E-state index is 13.1. The standard InChI is InChI=1S/2C27H26N6O4S.2Na/c2*34-38(35,36)26(21-9-3-1-4-10-21)25(23-13-7-8-14-24(23)31-22-11-5-2-6-12-22)33(27-29-19-28-20-30-27)32-15-17-37-18-16-32;;/h2*1-14,19-20,31H,15-18H2,(H,34,35,36);;/q;;2*+1/p-2.